The van der Waals surface area contributed by atoms with Crippen molar-refractivity contribution in [3.8, 4) is 28.1 Å². The fourth-order valence-electron chi connectivity index (χ4n) is 4.11. The van der Waals surface area contributed by atoms with E-state index >= 15 is 0 Å². The first-order valence-electron chi connectivity index (χ1n) is 10.0. The highest BCUT2D eigenvalue weighted by atomic mass is 16.7. The predicted molar refractivity (Wildman–Crippen MR) is 117 cm³/mol. The molecular formula is C26H21NO3. The molecule has 30 heavy (non-hydrogen) atoms. The van der Waals surface area contributed by atoms with Crippen molar-refractivity contribution in [3.05, 3.63) is 102 Å². The highest BCUT2D eigenvalue weighted by molar-refractivity contribution is 5.90. The lowest BCUT2D eigenvalue weighted by Crippen LogP contribution is -2.23. The van der Waals surface area contributed by atoms with Crippen LogP contribution in [-0.2, 0) is 12.8 Å². The largest absolute Gasteiger partial charge is 0.496 e. The van der Waals surface area contributed by atoms with Gasteiger partial charge in [0.05, 0.1) is 24.1 Å². The maximum atomic E-state index is 12.9. The van der Waals surface area contributed by atoms with Crippen LogP contribution in [0.3, 0.4) is 0 Å². The van der Waals surface area contributed by atoms with Crippen molar-refractivity contribution >= 4 is 5.97 Å². The summed E-state index contributed by atoms with van der Waals surface area (Å²) in [5, 5.41) is 0. The van der Waals surface area contributed by atoms with Gasteiger partial charge in [0, 0.05) is 11.1 Å². The number of carbonyl (C=O) groups is 1. The Bertz CT molecular complexity index is 1220. The number of carbonyl (C=O) groups excluding carboxylic acids is 1. The quantitative estimate of drug-likeness (QED) is 0.477. The number of hydrogen-bond donors (Lipinski definition) is 0. The van der Waals surface area contributed by atoms with Crippen molar-refractivity contribution < 1.29 is 14.4 Å². The third kappa shape index (κ3) is 3.07. The molecule has 0 radical (unpaired) electrons. The first kappa shape index (κ1) is 18.3. The molecule has 0 N–H and O–H groups in total. The molecule has 0 aliphatic heterocycles. The molecule has 0 unspecified atom stereocenters. The van der Waals surface area contributed by atoms with E-state index in [2.05, 4.69) is 24.3 Å². The van der Waals surface area contributed by atoms with E-state index in [-0.39, 0.29) is 5.97 Å². The van der Waals surface area contributed by atoms with Crippen LogP contribution in [0.2, 0.25) is 0 Å². The van der Waals surface area contributed by atoms with Gasteiger partial charge in [0.15, 0.2) is 0 Å². The van der Waals surface area contributed by atoms with Gasteiger partial charge in [-0.1, -0.05) is 54.6 Å². The van der Waals surface area contributed by atoms with Crippen LogP contribution in [0.5, 0.6) is 5.75 Å². The summed E-state index contributed by atoms with van der Waals surface area (Å²) in [5.74, 6) is 0.349. The number of rotatable bonds is 4. The zero-order chi connectivity index (χ0) is 20.5. The number of hydrogen-bond acceptors (Lipinski definition) is 3. The molecular weight excluding hydrogens is 374 g/mol. The lowest BCUT2D eigenvalue weighted by Gasteiger charge is -2.19. The second-order valence-electron chi connectivity index (χ2n) is 7.29. The number of ether oxygens (including phenoxy) is 1. The summed E-state index contributed by atoms with van der Waals surface area (Å²) in [6.45, 7) is 0. The number of methoxy groups -OCH3 is 1. The molecule has 1 aliphatic carbocycles. The van der Waals surface area contributed by atoms with Gasteiger partial charge in [-0.25, -0.2) is 4.79 Å². The molecule has 0 fully saturated rings. The standard InChI is InChI=1S/C26H21NO3/c1-29-25-14-8-7-13-21(25)24-17-22-20-12-6-5-9-18(20)15-16-23(22)27(24)30-26(28)19-10-3-2-4-11-19/h2-14,17H,15-16H2,1H3. The third-order valence-electron chi connectivity index (χ3n) is 5.56. The molecule has 0 amide bonds. The number of aromatic nitrogens is 1. The van der Waals surface area contributed by atoms with Gasteiger partial charge >= 0.3 is 5.97 Å². The van der Waals surface area contributed by atoms with E-state index in [9.17, 15) is 4.79 Å². The van der Waals surface area contributed by atoms with E-state index in [1.165, 1.54) is 11.1 Å². The fraction of sp³-hybridized carbons (Fsp3) is 0.115. The van der Waals surface area contributed by atoms with Crippen molar-refractivity contribution in [2.45, 2.75) is 12.8 Å². The van der Waals surface area contributed by atoms with Gasteiger partial charge in [-0.05, 0) is 54.3 Å². The molecule has 4 aromatic rings. The number of benzene rings is 3. The van der Waals surface area contributed by atoms with Crippen LogP contribution in [0.15, 0.2) is 84.9 Å². The summed E-state index contributed by atoms with van der Waals surface area (Å²) < 4.78 is 7.28. The monoisotopic (exact) mass is 395 g/mol. The molecule has 1 aromatic heterocycles. The number of nitrogens with zero attached hydrogens (tertiary/aromatic N) is 1. The highest BCUT2D eigenvalue weighted by Crippen LogP contribution is 2.40. The van der Waals surface area contributed by atoms with E-state index in [0.29, 0.717) is 5.56 Å². The summed E-state index contributed by atoms with van der Waals surface area (Å²) in [7, 11) is 1.65. The average Bonchev–Trinajstić information content (AvgIpc) is 3.18. The molecule has 0 saturated heterocycles. The van der Waals surface area contributed by atoms with Gasteiger partial charge in [0.1, 0.15) is 5.75 Å². The van der Waals surface area contributed by atoms with Gasteiger partial charge in [-0.15, -0.1) is 0 Å². The van der Waals surface area contributed by atoms with Crippen LogP contribution < -0.4 is 9.57 Å². The number of para-hydroxylation sites is 1. The Kier molecular flexibility index (Phi) is 4.60. The molecule has 5 rings (SSSR count). The molecule has 4 nitrogen and oxygen atoms in total. The minimum Gasteiger partial charge on any atom is -0.496 e. The molecule has 4 heteroatoms. The van der Waals surface area contributed by atoms with Gasteiger partial charge in [-0.2, -0.15) is 4.73 Å². The fourth-order valence-corrected chi connectivity index (χ4v) is 4.11. The van der Waals surface area contributed by atoms with Crippen LogP contribution in [0.4, 0.5) is 0 Å². The van der Waals surface area contributed by atoms with E-state index in [4.69, 9.17) is 9.57 Å². The summed E-state index contributed by atoms with van der Waals surface area (Å²) in [5.41, 5.74) is 6.79. The smallest absolute Gasteiger partial charge is 0.363 e. The zero-order valence-corrected chi connectivity index (χ0v) is 16.7. The predicted octanol–water partition coefficient (Wildman–Crippen LogP) is 5.20. The highest BCUT2D eigenvalue weighted by Gasteiger charge is 2.26. The topological polar surface area (TPSA) is 40.5 Å². The van der Waals surface area contributed by atoms with Gasteiger partial charge in [-0.3, -0.25) is 0 Å². The summed E-state index contributed by atoms with van der Waals surface area (Å²) in [4.78, 5) is 18.9. The van der Waals surface area contributed by atoms with Crippen LogP contribution in [-0.4, -0.2) is 17.8 Å². The molecule has 0 bridgehead atoms. The lowest BCUT2D eigenvalue weighted by atomic mass is 9.90. The maximum absolute atomic E-state index is 12.9. The van der Waals surface area contributed by atoms with Gasteiger partial charge < -0.3 is 9.57 Å². The van der Waals surface area contributed by atoms with Crippen molar-refractivity contribution in [1.29, 1.82) is 0 Å². The maximum Gasteiger partial charge on any atom is 0.363 e. The molecule has 1 aliphatic rings. The molecule has 148 valence electrons. The Morgan fingerprint density at radius 2 is 1.50 bits per heavy atom. The molecule has 0 spiro atoms. The minimum atomic E-state index is -0.385. The second-order valence-corrected chi connectivity index (χ2v) is 7.29. The van der Waals surface area contributed by atoms with E-state index in [1.54, 1.807) is 24.0 Å². The van der Waals surface area contributed by atoms with E-state index < -0.39 is 0 Å². The summed E-state index contributed by atoms with van der Waals surface area (Å²) >= 11 is 0. The molecule has 3 aromatic carbocycles. The minimum absolute atomic E-state index is 0.385. The Labute approximate surface area is 175 Å². The Balaban J connectivity index is 1.68. The van der Waals surface area contributed by atoms with Crippen molar-refractivity contribution in [2.24, 2.45) is 0 Å². The normalized spacial score (nSPS) is 12.0. The first-order chi connectivity index (χ1) is 14.8. The third-order valence-corrected chi connectivity index (χ3v) is 5.56. The van der Waals surface area contributed by atoms with Gasteiger partial charge in [0.25, 0.3) is 0 Å². The zero-order valence-electron chi connectivity index (χ0n) is 16.7. The van der Waals surface area contributed by atoms with Gasteiger partial charge in [0.2, 0.25) is 0 Å². The van der Waals surface area contributed by atoms with Crippen molar-refractivity contribution in [1.82, 2.24) is 4.73 Å². The number of aryl methyl sites for hydroxylation is 1. The first-order valence-corrected chi connectivity index (χ1v) is 10.0. The van der Waals surface area contributed by atoms with E-state index in [1.807, 2.05) is 48.5 Å². The Hall–Kier alpha value is -3.79. The molecule has 0 saturated carbocycles. The van der Waals surface area contributed by atoms with Crippen LogP contribution in [0.25, 0.3) is 22.4 Å². The SMILES string of the molecule is COc1ccccc1-c1cc2c(n1OC(=O)c1ccccc1)CCc1ccccc1-2. The second kappa shape index (κ2) is 7.56. The van der Waals surface area contributed by atoms with Crippen LogP contribution >= 0.6 is 0 Å². The van der Waals surface area contributed by atoms with Crippen LogP contribution in [0, 0.1) is 0 Å². The number of fused-ring (bicyclic) bond motifs is 3. The van der Waals surface area contributed by atoms with Crippen LogP contribution in [0.1, 0.15) is 21.6 Å². The van der Waals surface area contributed by atoms with Crippen molar-refractivity contribution in [3.63, 3.8) is 0 Å². The summed E-state index contributed by atoms with van der Waals surface area (Å²) in [6.07, 6.45) is 1.70. The average molecular weight is 395 g/mol. The van der Waals surface area contributed by atoms with E-state index in [0.717, 1.165) is 41.1 Å². The Morgan fingerprint density at radius 3 is 2.30 bits per heavy atom. The lowest BCUT2D eigenvalue weighted by molar-refractivity contribution is 0.0457. The molecule has 0 atom stereocenters. The molecule has 1 heterocycles. The Morgan fingerprint density at radius 1 is 0.800 bits per heavy atom. The van der Waals surface area contributed by atoms with Crippen molar-refractivity contribution in [2.75, 3.05) is 7.11 Å². The summed E-state index contributed by atoms with van der Waals surface area (Å²) in [6, 6.07) is 27.4.